The van der Waals surface area contributed by atoms with Crippen molar-refractivity contribution in [3.63, 3.8) is 0 Å². The smallest absolute Gasteiger partial charge is 0.296 e. The van der Waals surface area contributed by atoms with Crippen LogP contribution in [-0.2, 0) is 30.4 Å². The molecule has 0 unspecified atom stereocenters. The molecule has 7 rings (SSSR count). The third-order valence-corrected chi connectivity index (χ3v) is 12.8. The second kappa shape index (κ2) is 17.0. The summed E-state index contributed by atoms with van der Waals surface area (Å²) < 4.78 is 104. The lowest BCUT2D eigenvalue weighted by Gasteiger charge is -2.14. The number of azo groups is 3. The Kier molecular flexibility index (Phi) is 11.9. The SMILES string of the molecule is Cc1cc(-c2ccc(N=Nc3c(S(=O)(=O)O)cc4cc(S(=O)(=O)O)c(N=Nc5cc([N+](=O)[O-])ccc5C)c(N)c4c3O)c(C)c2)ccc1N=Nc1ccc2c(S(=O)(=O)O)ccc(N)c2c1O. The molecule has 0 heterocycles. The molecule has 0 bridgehead atoms. The molecule has 0 saturated heterocycles. The summed E-state index contributed by atoms with van der Waals surface area (Å²) in [4.78, 5) is 8.21. The average molecular weight is 956 g/mol. The number of nitrogen functional groups attached to an aromatic ring is 2. The predicted molar refractivity (Wildman–Crippen MR) is 241 cm³/mol. The molecule has 338 valence electrons. The number of phenols is 2. The Morgan fingerprint density at radius 3 is 1.56 bits per heavy atom. The number of phenolic OH excluding ortho intramolecular Hbond substituents is 2. The van der Waals surface area contributed by atoms with Crippen LogP contribution in [-0.4, -0.2) is 54.0 Å². The van der Waals surface area contributed by atoms with Crippen LogP contribution in [0.1, 0.15) is 16.7 Å². The fraction of sp³-hybridized carbons (Fsp3) is 0.0732. The third-order valence-electron chi connectivity index (χ3n) is 10.2. The van der Waals surface area contributed by atoms with Gasteiger partial charge in [-0.2, -0.15) is 35.5 Å². The van der Waals surface area contributed by atoms with E-state index in [1.54, 1.807) is 44.2 Å². The fourth-order valence-corrected chi connectivity index (χ4v) is 8.87. The van der Waals surface area contributed by atoms with Gasteiger partial charge in [0, 0.05) is 23.2 Å². The van der Waals surface area contributed by atoms with Crippen LogP contribution in [0.5, 0.6) is 11.5 Å². The van der Waals surface area contributed by atoms with Crippen molar-refractivity contribution >= 4 is 103 Å². The van der Waals surface area contributed by atoms with E-state index in [1.165, 1.54) is 43.3 Å². The topological polar surface area (TPSA) is 373 Å². The maximum absolute atomic E-state index is 12.6. The third kappa shape index (κ3) is 8.96. The number of fused-ring (bicyclic) bond motifs is 2. The summed E-state index contributed by atoms with van der Waals surface area (Å²) in [5.41, 5.74) is 13.3. The van der Waals surface area contributed by atoms with Crippen molar-refractivity contribution < 1.29 is 54.0 Å². The van der Waals surface area contributed by atoms with Crippen molar-refractivity contribution in [3.8, 4) is 22.6 Å². The minimum atomic E-state index is -5.21. The Labute approximate surface area is 373 Å². The van der Waals surface area contributed by atoms with Gasteiger partial charge in [-0.15, -0.1) is 20.5 Å². The number of anilines is 2. The number of benzene rings is 7. The molecule has 0 aliphatic carbocycles. The Balaban J connectivity index is 1.22. The first-order chi connectivity index (χ1) is 30.8. The van der Waals surface area contributed by atoms with Gasteiger partial charge >= 0.3 is 0 Å². The summed E-state index contributed by atoms with van der Waals surface area (Å²) in [5, 5.41) is 57.1. The Morgan fingerprint density at radius 1 is 0.515 bits per heavy atom. The number of hydrogen-bond acceptors (Lipinski definition) is 18. The minimum absolute atomic E-state index is 0.0101. The molecule has 7 aromatic carbocycles. The largest absolute Gasteiger partial charge is 0.505 e. The fourth-order valence-electron chi connectivity index (χ4n) is 6.86. The Bertz CT molecular complexity index is 3690. The normalized spacial score (nSPS) is 12.6. The predicted octanol–water partition coefficient (Wildman–Crippen LogP) is 10.1. The van der Waals surface area contributed by atoms with Crippen LogP contribution >= 0.6 is 0 Å². The molecule has 0 aliphatic heterocycles. The van der Waals surface area contributed by atoms with E-state index < -0.39 is 89.3 Å². The van der Waals surface area contributed by atoms with Crippen molar-refractivity contribution in [1.82, 2.24) is 0 Å². The first-order valence-electron chi connectivity index (χ1n) is 18.7. The molecule has 0 aliphatic rings. The van der Waals surface area contributed by atoms with Crippen molar-refractivity contribution in [2.75, 3.05) is 11.5 Å². The molecule has 0 atom stereocenters. The van der Waals surface area contributed by atoms with E-state index in [2.05, 4.69) is 30.7 Å². The molecular weight excluding hydrogens is 923 g/mol. The van der Waals surface area contributed by atoms with Gasteiger partial charge < -0.3 is 21.7 Å². The van der Waals surface area contributed by atoms with Crippen LogP contribution in [0.25, 0.3) is 32.7 Å². The van der Waals surface area contributed by atoms with Crippen LogP contribution in [0.15, 0.2) is 136 Å². The summed E-state index contributed by atoms with van der Waals surface area (Å²) in [6, 6.07) is 20.2. The highest BCUT2D eigenvalue weighted by Crippen LogP contribution is 2.49. The molecule has 0 spiro atoms. The van der Waals surface area contributed by atoms with Gasteiger partial charge in [0.1, 0.15) is 31.7 Å². The van der Waals surface area contributed by atoms with Crippen LogP contribution in [0.4, 0.5) is 51.2 Å². The average Bonchev–Trinajstić information content (AvgIpc) is 3.22. The highest BCUT2D eigenvalue weighted by molar-refractivity contribution is 7.86. The maximum Gasteiger partial charge on any atom is 0.296 e. The molecule has 66 heavy (non-hydrogen) atoms. The highest BCUT2D eigenvalue weighted by Gasteiger charge is 2.28. The second-order valence-electron chi connectivity index (χ2n) is 14.6. The molecule has 9 N–H and O–H groups in total. The van der Waals surface area contributed by atoms with Crippen LogP contribution < -0.4 is 11.5 Å². The number of aryl methyl sites for hydroxylation is 3. The lowest BCUT2D eigenvalue weighted by atomic mass is 10.0. The maximum atomic E-state index is 12.6. The van der Waals surface area contributed by atoms with Crippen molar-refractivity contribution in [1.29, 1.82) is 0 Å². The number of nitrogens with two attached hydrogens (primary N) is 2. The van der Waals surface area contributed by atoms with Crippen molar-refractivity contribution in [3.05, 3.63) is 118 Å². The van der Waals surface area contributed by atoms with E-state index in [-0.39, 0.29) is 39.2 Å². The van der Waals surface area contributed by atoms with Gasteiger partial charge in [-0.25, -0.2) is 0 Å². The monoisotopic (exact) mass is 955 g/mol. The number of hydrogen-bond donors (Lipinski definition) is 7. The van der Waals surface area contributed by atoms with E-state index in [0.29, 0.717) is 33.5 Å². The first-order valence-corrected chi connectivity index (χ1v) is 23.0. The van der Waals surface area contributed by atoms with Crippen LogP contribution in [0.3, 0.4) is 0 Å². The summed E-state index contributed by atoms with van der Waals surface area (Å²) in [7, 11) is -15.0. The molecule has 0 saturated carbocycles. The number of nitrogens with zero attached hydrogens (tertiary/aromatic N) is 7. The highest BCUT2D eigenvalue weighted by atomic mass is 32.2. The van der Waals surface area contributed by atoms with Gasteiger partial charge in [0.2, 0.25) is 0 Å². The summed E-state index contributed by atoms with van der Waals surface area (Å²) in [5.74, 6) is -1.44. The van der Waals surface area contributed by atoms with Gasteiger partial charge in [0.05, 0.1) is 38.4 Å². The van der Waals surface area contributed by atoms with Gasteiger partial charge in [0.25, 0.3) is 36.0 Å². The summed E-state index contributed by atoms with van der Waals surface area (Å²) in [6.45, 7) is 4.95. The lowest BCUT2D eigenvalue weighted by molar-refractivity contribution is -0.384. The van der Waals surface area contributed by atoms with Crippen molar-refractivity contribution in [2.24, 2.45) is 30.7 Å². The summed E-state index contributed by atoms with van der Waals surface area (Å²) in [6.07, 6.45) is 0. The standard InChI is InChI=1S/C41H33N9O13S3/c1-19-4-7-25(50(53)54)18-31(19)47-48-38-33(65(58,59)60)16-24-17-34(66(61,62)63)39(41(52)35(24)37(38)43)49-45-29-11-6-23(15-21(29)3)22-5-10-28(20(2)14-22)44-46-30-12-8-26-32(64(55,56)57)13-9-27(42)36(26)40(30)51/h4-18,51-52H,42-43H2,1-3H3,(H,55,56,57)(H,58,59,60)(H,61,62,63). The molecule has 0 radical (unpaired) electrons. The van der Waals surface area contributed by atoms with Crippen LogP contribution in [0, 0.1) is 30.9 Å². The minimum Gasteiger partial charge on any atom is -0.505 e. The summed E-state index contributed by atoms with van der Waals surface area (Å²) >= 11 is 0. The van der Waals surface area contributed by atoms with Gasteiger partial charge in [-0.1, -0.05) is 24.3 Å². The van der Waals surface area contributed by atoms with Gasteiger partial charge in [-0.3, -0.25) is 23.8 Å². The molecule has 0 fully saturated rings. The number of non-ortho nitro benzene ring substituents is 1. The van der Waals surface area contributed by atoms with E-state index >= 15 is 0 Å². The molecule has 0 aromatic heterocycles. The number of rotatable bonds is 11. The zero-order valence-corrected chi connectivity index (χ0v) is 36.6. The molecule has 25 heteroatoms. The van der Waals surface area contributed by atoms with E-state index in [0.717, 1.165) is 24.3 Å². The first kappa shape index (κ1) is 46.2. The van der Waals surface area contributed by atoms with E-state index in [1.807, 2.05) is 0 Å². The van der Waals surface area contributed by atoms with Gasteiger partial charge in [-0.05, 0) is 109 Å². The zero-order chi connectivity index (χ0) is 48.2. The Morgan fingerprint density at radius 2 is 1.02 bits per heavy atom. The van der Waals surface area contributed by atoms with E-state index in [9.17, 15) is 59.2 Å². The van der Waals surface area contributed by atoms with Gasteiger partial charge in [0.15, 0.2) is 11.5 Å². The van der Waals surface area contributed by atoms with Crippen LogP contribution in [0.2, 0.25) is 0 Å². The lowest BCUT2D eigenvalue weighted by Crippen LogP contribution is -2.03. The number of aromatic hydroxyl groups is 2. The van der Waals surface area contributed by atoms with E-state index in [4.69, 9.17) is 11.5 Å². The molecule has 0 amide bonds. The Hall–Kier alpha value is -7.81. The molecular formula is C41H33N9O13S3. The number of nitro groups is 1. The van der Waals surface area contributed by atoms with Crippen molar-refractivity contribution in [2.45, 2.75) is 35.5 Å². The molecule has 7 aromatic rings. The quantitative estimate of drug-likeness (QED) is 0.0208. The zero-order valence-electron chi connectivity index (χ0n) is 34.2. The molecule has 22 nitrogen and oxygen atoms in total. The number of nitro benzene ring substituents is 1. The second-order valence-corrected chi connectivity index (χ2v) is 18.7.